The number of aromatic nitrogens is 4. The molecule has 1 N–H and O–H groups in total. The first kappa shape index (κ1) is 16.6. The second-order valence-electron chi connectivity index (χ2n) is 7.15. The average Bonchev–Trinajstić information content (AvgIpc) is 3.32. The predicted octanol–water partition coefficient (Wildman–Crippen LogP) is 5.35. The zero-order chi connectivity index (χ0) is 17.8. The summed E-state index contributed by atoms with van der Waals surface area (Å²) in [7, 11) is 0. The quantitative estimate of drug-likeness (QED) is 0.593. The molecule has 2 aliphatic rings. The molecule has 134 valence electrons. The summed E-state index contributed by atoms with van der Waals surface area (Å²) in [5.74, 6) is 2.77. The topological polar surface area (TPSA) is 55.1 Å². The first-order valence-corrected chi connectivity index (χ1v) is 9.84. The molecule has 2 aliphatic carbocycles. The Labute approximate surface area is 165 Å². The van der Waals surface area contributed by atoms with Crippen LogP contribution in [0.1, 0.15) is 25.7 Å². The van der Waals surface area contributed by atoms with Crippen LogP contribution in [0.25, 0.3) is 16.9 Å². The van der Waals surface area contributed by atoms with Crippen LogP contribution in [-0.4, -0.2) is 25.6 Å². The molecule has 2 saturated carbocycles. The SMILES string of the molecule is Clc1ccc(-c2c(Cl)nc3ncnn3c2NC2CC3CCC2C3)c(Cl)c1. The minimum absolute atomic E-state index is 0.348. The highest BCUT2D eigenvalue weighted by Gasteiger charge is 2.40. The van der Waals surface area contributed by atoms with Crippen molar-refractivity contribution in [1.82, 2.24) is 19.6 Å². The molecule has 26 heavy (non-hydrogen) atoms. The highest BCUT2D eigenvalue weighted by molar-refractivity contribution is 6.38. The molecule has 0 spiro atoms. The van der Waals surface area contributed by atoms with E-state index in [1.54, 1.807) is 16.6 Å². The fourth-order valence-corrected chi connectivity index (χ4v) is 5.25. The van der Waals surface area contributed by atoms with Crippen LogP contribution in [0.15, 0.2) is 24.5 Å². The zero-order valence-electron chi connectivity index (χ0n) is 13.8. The molecule has 0 radical (unpaired) electrons. The fraction of sp³-hybridized carbons (Fsp3) is 0.389. The van der Waals surface area contributed by atoms with E-state index in [2.05, 4.69) is 20.4 Å². The zero-order valence-corrected chi connectivity index (χ0v) is 16.1. The molecule has 2 bridgehead atoms. The van der Waals surface area contributed by atoms with E-state index in [9.17, 15) is 0 Å². The number of nitrogens with zero attached hydrogens (tertiary/aromatic N) is 4. The molecule has 5 rings (SSSR count). The Hall–Kier alpha value is -1.56. The summed E-state index contributed by atoms with van der Waals surface area (Å²) in [6, 6.07) is 5.78. The van der Waals surface area contributed by atoms with Crippen LogP contribution in [0.4, 0.5) is 5.82 Å². The Morgan fingerprint density at radius 1 is 1.12 bits per heavy atom. The highest BCUT2D eigenvalue weighted by Crippen LogP contribution is 2.47. The summed E-state index contributed by atoms with van der Waals surface area (Å²) < 4.78 is 1.71. The van der Waals surface area contributed by atoms with E-state index in [-0.39, 0.29) is 0 Å². The Kier molecular flexibility index (Phi) is 3.99. The van der Waals surface area contributed by atoms with Crippen molar-refractivity contribution in [1.29, 1.82) is 0 Å². The van der Waals surface area contributed by atoms with Crippen molar-refractivity contribution in [2.24, 2.45) is 11.8 Å². The van der Waals surface area contributed by atoms with Crippen molar-refractivity contribution in [3.8, 4) is 11.1 Å². The lowest BCUT2D eigenvalue weighted by atomic mass is 9.95. The van der Waals surface area contributed by atoms with E-state index < -0.39 is 0 Å². The number of halogens is 3. The smallest absolute Gasteiger partial charge is 0.255 e. The van der Waals surface area contributed by atoms with Crippen LogP contribution in [0.2, 0.25) is 15.2 Å². The Bertz CT molecular complexity index is 1000. The van der Waals surface area contributed by atoms with E-state index in [0.29, 0.717) is 32.9 Å². The molecule has 5 nitrogen and oxygen atoms in total. The van der Waals surface area contributed by atoms with Crippen LogP contribution in [0.5, 0.6) is 0 Å². The number of benzene rings is 1. The van der Waals surface area contributed by atoms with Gasteiger partial charge in [0.1, 0.15) is 17.3 Å². The molecule has 2 fully saturated rings. The number of anilines is 1. The van der Waals surface area contributed by atoms with Gasteiger partial charge in [-0.25, -0.2) is 0 Å². The highest BCUT2D eigenvalue weighted by atomic mass is 35.5. The van der Waals surface area contributed by atoms with Gasteiger partial charge in [-0.3, -0.25) is 0 Å². The lowest BCUT2D eigenvalue weighted by Gasteiger charge is -2.26. The minimum atomic E-state index is 0.348. The molecule has 8 heteroatoms. The Balaban J connectivity index is 1.68. The van der Waals surface area contributed by atoms with Crippen LogP contribution >= 0.6 is 34.8 Å². The maximum Gasteiger partial charge on any atom is 0.255 e. The maximum atomic E-state index is 6.55. The minimum Gasteiger partial charge on any atom is -0.366 e. The van der Waals surface area contributed by atoms with Gasteiger partial charge in [-0.05, 0) is 43.2 Å². The number of hydrogen-bond acceptors (Lipinski definition) is 4. The Morgan fingerprint density at radius 3 is 2.73 bits per heavy atom. The van der Waals surface area contributed by atoms with Crippen molar-refractivity contribution < 1.29 is 0 Å². The van der Waals surface area contributed by atoms with E-state index in [1.165, 1.54) is 32.0 Å². The third kappa shape index (κ3) is 2.65. The molecule has 1 aromatic carbocycles. The van der Waals surface area contributed by atoms with Gasteiger partial charge in [0.15, 0.2) is 0 Å². The molecule has 0 aliphatic heterocycles. The summed E-state index contributed by atoms with van der Waals surface area (Å²) in [6.45, 7) is 0. The lowest BCUT2D eigenvalue weighted by Crippen LogP contribution is -2.27. The first-order chi connectivity index (χ1) is 12.6. The van der Waals surface area contributed by atoms with Gasteiger partial charge in [0, 0.05) is 16.6 Å². The van der Waals surface area contributed by atoms with Crippen LogP contribution in [-0.2, 0) is 0 Å². The summed E-state index contributed by atoms with van der Waals surface area (Å²) in [4.78, 5) is 8.58. The molecule has 0 saturated heterocycles. The molecular weight excluding hydrogens is 393 g/mol. The van der Waals surface area contributed by atoms with Crippen LogP contribution < -0.4 is 5.32 Å². The van der Waals surface area contributed by atoms with Crippen molar-refractivity contribution in [3.63, 3.8) is 0 Å². The summed E-state index contributed by atoms with van der Waals surface area (Å²) in [6.07, 6.45) is 6.58. The largest absolute Gasteiger partial charge is 0.366 e. The summed E-state index contributed by atoms with van der Waals surface area (Å²) in [5, 5.41) is 9.49. The van der Waals surface area contributed by atoms with E-state index in [1.807, 2.05) is 6.07 Å². The molecule has 2 aromatic heterocycles. The predicted molar refractivity (Wildman–Crippen MR) is 104 cm³/mol. The van der Waals surface area contributed by atoms with Gasteiger partial charge in [-0.1, -0.05) is 47.3 Å². The number of hydrogen-bond donors (Lipinski definition) is 1. The van der Waals surface area contributed by atoms with Crippen molar-refractivity contribution >= 4 is 46.4 Å². The van der Waals surface area contributed by atoms with Crippen molar-refractivity contribution in [2.75, 3.05) is 5.32 Å². The van der Waals surface area contributed by atoms with Gasteiger partial charge in [-0.15, -0.1) is 0 Å². The molecule has 3 aromatic rings. The van der Waals surface area contributed by atoms with E-state index in [0.717, 1.165) is 22.9 Å². The molecule has 3 unspecified atom stereocenters. The maximum absolute atomic E-state index is 6.55. The van der Waals surface area contributed by atoms with Gasteiger partial charge in [0.2, 0.25) is 0 Å². The summed E-state index contributed by atoms with van der Waals surface area (Å²) in [5.41, 5.74) is 1.51. The van der Waals surface area contributed by atoms with Crippen molar-refractivity contribution in [2.45, 2.75) is 31.7 Å². The van der Waals surface area contributed by atoms with E-state index in [4.69, 9.17) is 34.8 Å². The van der Waals surface area contributed by atoms with Gasteiger partial charge in [0.05, 0.1) is 10.6 Å². The van der Waals surface area contributed by atoms with Gasteiger partial charge >= 0.3 is 0 Å². The number of fused-ring (bicyclic) bond motifs is 3. The second-order valence-corrected chi connectivity index (χ2v) is 8.35. The second kappa shape index (κ2) is 6.25. The Morgan fingerprint density at radius 2 is 2.00 bits per heavy atom. The number of rotatable bonds is 3. The van der Waals surface area contributed by atoms with Gasteiger partial charge < -0.3 is 5.32 Å². The fourth-order valence-electron chi connectivity index (χ4n) is 4.48. The normalized spacial score (nSPS) is 24.5. The first-order valence-electron chi connectivity index (χ1n) is 8.71. The number of nitrogens with one attached hydrogen (secondary N) is 1. The van der Waals surface area contributed by atoms with Crippen LogP contribution in [0.3, 0.4) is 0 Å². The van der Waals surface area contributed by atoms with Gasteiger partial charge in [0.25, 0.3) is 5.78 Å². The van der Waals surface area contributed by atoms with Crippen molar-refractivity contribution in [3.05, 3.63) is 39.7 Å². The summed E-state index contributed by atoms with van der Waals surface area (Å²) >= 11 is 19.1. The molecular formula is C18H16Cl3N5. The molecule has 0 amide bonds. The average molecular weight is 409 g/mol. The van der Waals surface area contributed by atoms with E-state index >= 15 is 0 Å². The van der Waals surface area contributed by atoms with Crippen LogP contribution in [0, 0.1) is 11.8 Å². The lowest BCUT2D eigenvalue weighted by molar-refractivity contribution is 0.438. The molecule has 2 heterocycles. The third-order valence-corrected chi connectivity index (χ3v) is 6.46. The standard InChI is InChI=1S/C18H16Cl3N5/c19-11-3-4-12(13(20)7-11)15-16(21)25-18-22-8-23-26(18)17(15)24-14-6-9-1-2-10(14)5-9/h3-4,7-10,14,24H,1-2,5-6H2. The van der Waals surface area contributed by atoms with Gasteiger partial charge in [-0.2, -0.15) is 19.6 Å². The monoisotopic (exact) mass is 407 g/mol. The molecule has 3 atom stereocenters. The third-order valence-electron chi connectivity index (χ3n) is 5.64.